The van der Waals surface area contributed by atoms with Crippen LogP contribution in [0, 0.1) is 0 Å². The maximum atomic E-state index is 10.3. The van der Waals surface area contributed by atoms with Crippen LogP contribution in [-0.2, 0) is 11.2 Å². The minimum absolute atomic E-state index is 0.268. The zero-order valence-corrected chi connectivity index (χ0v) is 8.57. The van der Waals surface area contributed by atoms with Crippen molar-refractivity contribution in [2.24, 2.45) is 0 Å². The fraction of sp³-hybridized carbons (Fsp3) is 0.0909. The van der Waals surface area contributed by atoms with Crippen molar-refractivity contribution >= 4 is 17.9 Å². The van der Waals surface area contributed by atoms with E-state index in [1.165, 1.54) is 0 Å². The second-order valence-corrected chi connectivity index (χ2v) is 3.50. The van der Waals surface area contributed by atoms with Crippen molar-refractivity contribution in [1.82, 2.24) is 5.16 Å². The molecule has 0 aliphatic rings. The lowest BCUT2D eigenvalue weighted by Crippen LogP contribution is -1.82. The Morgan fingerprint density at radius 2 is 2.27 bits per heavy atom. The van der Waals surface area contributed by atoms with Crippen LogP contribution in [0.2, 0.25) is 5.02 Å². The van der Waals surface area contributed by atoms with Gasteiger partial charge in [-0.2, -0.15) is 0 Å². The van der Waals surface area contributed by atoms with Gasteiger partial charge in [-0.1, -0.05) is 28.9 Å². The van der Waals surface area contributed by atoms with E-state index < -0.39 is 0 Å². The Balaban J connectivity index is 2.32. The van der Waals surface area contributed by atoms with Gasteiger partial charge in [0.2, 0.25) is 0 Å². The molecule has 0 N–H and O–H groups in total. The van der Waals surface area contributed by atoms with Crippen molar-refractivity contribution in [1.29, 1.82) is 0 Å². The van der Waals surface area contributed by atoms with Crippen molar-refractivity contribution in [3.05, 3.63) is 41.0 Å². The number of nitrogens with zero attached hydrogens (tertiary/aromatic N) is 1. The molecule has 1 aromatic carbocycles. The average Bonchev–Trinajstić information content (AvgIpc) is 2.67. The van der Waals surface area contributed by atoms with E-state index in [4.69, 9.17) is 16.1 Å². The Morgan fingerprint density at radius 1 is 1.40 bits per heavy atom. The molecule has 0 unspecified atom stereocenters. The molecule has 2 rings (SSSR count). The van der Waals surface area contributed by atoms with Crippen LogP contribution in [0.4, 0.5) is 0 Å². The van der Waals surface area contributed by atoms with Gasteiger partial charge in [0.15, 0.2) is 5.76 Å². The van der Waals surface area contributed by atoms with Crippen LogP contribution in [0.25, 0.3) is 11.3 Å². The quantitative estimate of drug-likeness (QED) is 0.749. The fourth-order valence-electron chi connectivity index (χ4n) is 1.27. The van der Waals surface area contributed by atoms with Crippen molar-refractivity contribution in [3.63, 3.8) is 0 Å². The van der Waals surface area contributed by atoms with E-state index in [0.717, 1.165) is 11.8 Å². The standard InChI is InChI=1S/C11H8ClNO2/c12-9-3-1-2-8(6-9)11-7-10(4-5-14)13-15-11/h1-3,5-7H,4H2. The zero-order chi connectivity index (χ0) is 10.7. The molecule has 0 amide bonds. The smallest absolute Gasteiger partial charge is 0.167 e. The Bertz CT molecular complexity index is 479. The summed E-state index contributed by atoms with van der Waals surface area (Å²) in [6.07, 6.45) is 1.06. The molecule has 0 aliphatic carbocycles. The molecule has 0 aliphatic heterocycles. The lowest BCUT2D eigenvalue weighted by atomic mass is 10.1. The maximum Gasteiger partial charge on any atom is 0.167 e. The van der Waals surface area contributed by atoms with E-state index >= 15 is 0 Å². The van der Waals surface area contributed by atoms with E-state index in [0.29, 0.717) is 16.5 Å². The predicted molar refractivity (Wildman–Crippen MR) is 56.7 cm³/mol. The summed E-state index contributed by atoms with van der Waals surface area (Å²) in [6, 6.07) is 9.01. The number of hydrogen-bond donors (Lipinski definition) is 0. The highest BCUT2D eigenvalue weighted by Crippen LogP contribution is 2.23. The van der Waals surface area contributed by atoms with Crippen LogP contribution < -0.4 is 0 Å². The van der Waals surface area contributed by atoms with Crippen LogP contribution in [-0.4, -0.2) is 11.4 Å². The fourth-order valence-corrected chi connectivity index (χ4v) is 1.46. The van der Waals surface area contributed by atoms with E-state index in [2.05, 4.69) is 5.16 Å². The molecule has 0 bridgehead atoms. The molecule has 15 heavy (non-hydrogen) atoms. The first-order valence-electron chi connectivity index (χ1n) is 4.45. The monoisotopic (exact) mass is 221 g/mol. The molecule has 0 saturated heterocycles. The minimum atomic E-state index is 0.268. The van der Waals surface area contributed by atoms with E-state index in [1.807, 2.05) is 12.1 Å². The van der Waals surface area contributed by atoms with E-state index in [9.17, 15) is 4.79 Å². The molecule has 76 valence electrons. The SMILES string of the molecule is O=CCc1cc(-c2cccc(Cl)c2)on1. The zero-order valence-electron chi connectivity index (χ0n) is 7.81. The van der Waals surface area contributed by atoms with Gasteiger partial charge in [-0.25, -0.2) is 0 Å². The Labute approximate surface area is 91.6 Å². The van der Waals surface area contributed by atoms with Gasteiger partial charge in [0.25, 0.3) is 0 Å². The van der Waals surface area contributed by atoms with Crippen molar-refractivity contribution in [3.8, 4) is 11.3 Å². The molecular formula is C11H8ClNO2. The molecule has 1 aromatic heterocycles. The molecular weight excluding hydrogens is 214 g/mol. The molecule has 0 saturated carbocycles. The van der Waals surface area contributed by atoms with Crippen LogP contribution in [0.5, 0.6) is 0 Å². The van der Waals surface area contributed by atoms with Gasteiger partial charge in [0, 0.05) is 23.1 Å². The van der Waals surface area contributed by atoms with E-state index in [-0.39, 0.29) is 6.42 Å². The summed E-state index contributed by atoms with van der Waals surface area (Å²) in [6.45, 7) is 0. The highest BCUT2D eigenvalue weighted by molar-refractivity contribution is 6.30. The first-order chi connectivity index (χ1) is 7.29. The van der Waals surface area contributed by atoms with Gasteiger partial charge in [-0.15, -0.1) is 0 Å². The van der Waals surface area contributed by atoms with Crippen molar-refractivity contribution in [2.75, 3.05) is 0 Å². The third-order valence-corrected chi connectivity index (χ3v) is 2.20. The van der Waals surface area contributed by atoms with Gasteiger partial charge < -0.3 is 9.32 Å². The number of hydrogen-bond acceptors (Lipinski definition) is 3. The van der Waals surface area contributed by atoms with Gasteiger partial charge in [0.1, 0.15) is 6.29 Å². The molecule has 2 aromatic rings. The molecule has 3 nitrogen and oxygen atoms in total. The van der Waals surface area contributed by atoms with Crippen LogP contribution in [0.15, 0.2) is 34.9 Å². The molecule has 0 spiro atoms. The third kappa shape index (κ3) is 2.25. The highest BCUT2D eigenvalue weighted by Gasteiger charge is 2.06. The minimum Gasteiger partial charge on any atom is -0.356 e. The van der Waals surface area contributed by atoms with Crippen LogP contribution in [0.3, 0.4) is 0 Å². The first kappa shape index (κ1) is 9.93. The van der Waals surface area contributed by atoms with Crippen molar-refractivity contribution < 1.29 is 9.32 Å². The average molecular weight is 222 g/mol. The predicted octanol–water partition coefficient (Wildman–Crippen LogP) is 2.74. The second-order valence-electron chi connectivity index (χ2n) is 3.06. The largest absolute Gasteiger partial charge is 0.356 e. The molecule has 4 heteroatoms. The van der Waals surface area contributed by atoms with Gasteiger partial charge in [0.05, 0.1) is 5.69 Å². The number of carbonyl (C=O) groups is 1. The maximum absolute atomic E-state index is 10.3. The third-order valence-electron chi connectivity index (χ3n) is 1.96. The second kappa shape index (κ2) is 4.28. The van der Waals surface area contributed by atoms with Crippen LogP contribution >= 0.6 is 11.6 Å². The lowest BCUT2D eigenvalue weighted by molar-refractivity contribution is -0.107. The summed E-state index contributed by atoms with van der Waals surface area (Å²) in [4.78, 5) is 10.3. The number of halogens is 1. The number of aldehydes is 1. The first-order valence-corrected chi connectivity index (χ1v) is 4.82. The number of benzene rings is 1. The topological polar surface area (TPSA) is 43.1 Å². The molecule has 1 heterocycles. The summed E-state index contributed by atoms with van der Waals surface area (Å²) in [5.41, 5.74) is 1.48. The number of carbonyl (C=O) groups excluding carboxylic acids is 1. The Kier molecular flexibility index (Phi) is 2.83. The normalized spacial score (nSPS) is 10.2. The Hall–Kier alpha value is -1.61. The summed E-state index contributed by atoms with van der Waals surface area (Å²) < 4.78 is 5.09. The van der Waals surface area contributed by atoms with Gasteiger partial charge in [-0.3, -0.25) is 0 Å². The molecule has 0 atom stereocenters. The van der Waals surface area contributed by atoms with Gasteiger partial charge >= 0.3 is 0 Å². The Morgan fingerprint density at radius 3 is 3.00 bits per heavy atom. The number of aromatic nitrogens is 1. The van der Waals surface area contributed by atoms with Crippen LogP contribution in [0.1, 0.15) is 5.69 Å². The summed E-state index contributed by atoms with van der Waals surface area (Å²) in [5.74, 6) is 0.620. The number of rotatable bonds is 3. The van der Waals surface area contributed by atoms with E-state index in [1.54, 1.807) is 18.2 Å². The van der Waals surface area contributed by atoms with Gasteiger partial charge in [-0.05, 0) is 12.1 Å². The summed E-state index contributed by atoms with van der Waals surface area (Å²) in [5, 5.41) is 4.40. The lowest BCUT2D eigenvalue weighted by Gasteiger charge is -1.94. The molecule has 0 fully saturated rings. The van der Waals surface area contributed by atoms with Crippen molar-refractivity contribution in [2.45, 2.75) is 6.42 Å². The highest BCUT2D eigenvalue weighted by atomic mass is 35.5. The summed E-state index contributed by atoms with van der Waals surface area (Å²) >= 11 is 5.84. The summed E-state index contributed by atoms with van der Waals surface area (Å²) in [7, 11) is 0. The molecule has 0 radical (unpaired) electrons.